The molecule has 6 nitrogen and oxygen atoms in total. The van der Waals surface area contributed by atoms with E-state index in [4.69, 9.17) is 18.9 Å². The van der Waals surface area contributed by atoms with Crippen LogP contribution < -0.4 is 9.47 Å². The van der Waals surface area contributed by atoms with Crippen LogP contribution >= 0.6 is 0 Å². The van der Waals surface area contributed by atoms with Crippen molar-refractivity contribution in [3.8, 4) is 11.5 Å². The lowest BCUT2D eigenvalue weighted by atomic mass is 10.2. The summed E-state index contributed by atoms with van der Waals surface area (Å²) in [7, 11) is 0. The number of rotatable bonds is 13. The summed E-state index contributed by atoms with van der Waals surface area (Å²) in [6.45, 7) is 3.09. The van der Waals surface area contributed by atoms with Crippen LogP contribution in [-0.4, -0.2) is 44.5 Å². The van der Waals surface area contributed by atoms with Crippen molar-refractivity contribution >= 4 is 18.0 Å². The minimum atomic E-state index is -4.16. The molecule has 0 aromatic heterocycles. The predicted octanol–water partition coefficient (Wildman–Crippen LogP) is 5.61. The van der Waals surface area contributed by atoms with E-state index in [1.165, 1.54) is 18.2 Å². The van der Waals surface area contributed by atoms with Crippen molar-refractivity contribution in [1.82, 2.24) is 0 Å². The molecule has 0 atom stereocenters. The first-order valence-corrected chi connectivity index (χ1v) is 10.8. The van der Waals surface area contributed by atoms with Crippen molar-refractivity contribution in [3.05, 3.63) is 65.7 Å². The minimum absolute atomic E-state index is 0.00104. The third-order valence-electron chi connectivity index (χ3n) is 4.39. The zero-order valence-corrected chi connectivity index (χ0v) is 18.8. The van der Waals surface area contributed by atoms with Crippen molar-refractivity contribution in [2.75, 3.05) is 26.4 Å². The molecule has 0 amide bonds. The van der Waals surface area contributed by atoms with E-state index in [9.17, 15) is 22.8 Å². The summed E-state index contributed by atoms with van der Waals surface area (Å²) in [5.41, 5.74) is 1.02. The number of hydrogen-bond acceptors (Lipinski definition) is 6. The van der Waals surface area contributed by atoms with E-state index >= 15 is 0 Å². The summed E-state index contributed by atoms with van der Waals surface area (Å²) in [6, 6.07) is 12.7. The molecule has 0 spiro atoms. The maximum Gasteiger partial charge on any atom is 0.389 e. The molecule has 2 rings (SSSR count). The second-order valence-corrected chi connectivity index (χ2v) is 7.10. The lowest BCUT2D eigenvalue weighted by Crippen LogP contribution is -2.09. The Labute approximate surface area is 196 Å². The van der Waals surface area contributed by atoms with Gasteiger partial charge in [0.2, 0.25) is 0 Å². The molecule has 0 aliphatic carbocycles. The van der Waals surface area contributed by atoms with Gasteiger partial charge in [0.15, 0.2) is 0 Å². The number of hydrogen-bond donors (Lipinski definition) is 0. The van der Waals surface area contributed by atoms with E-state index in [1.807, 2.05) is 6.92 Å². The first-order valence-electron chi connectivity index (χ1n) is 10.8. The van der Waals surface area contributed by atoms with Gasteiger partial charge in [-0.1, -0.05) is 12.1 Å². The van der Waals surface area contributed by atoms with Crippen molar-refractivity contribution < 1.29 is 41.7 Å². The molecule has 0 aliphatic heterocycles. The minimum Gasteiger partial charge on any atom is -0.494 e. The van der Waals surface area contributed by atoms with Gasteiger partial charge in [0.1, 0.15) is 18.1 Å². The van der Waals surface area contributed by atoms with Crippen LogP contribution in [0.25, 0.3) is 6.08 Å². The molecule has 0 saturated carbocycles. The summed E-state index contributed by atoms with van der Waals surface area (Å²) in [5.74, 6) is -0.274. The van der Waals surface area contributed by atoms with Gasteiger partial charge in [-0.25, -0.2) is 9.59 Å². The van der Waals surface area contributed by atoms with Crippen LogP contribution in [0.5, 0.6) is 11.5 Å². The van der Waals surface area contributed by atoms with E-state index in [0.29, 0.717) is 30.3 Å². The number of halogens is 3. The molecular weight excluding hydrogens is 453 g/mol. The average molecular weight is 480 g/mol. The molecule has 9 heteroatoms. The van der Waals surface area contributed by atoms with Gasteiger partial charge in [-0.05, 0) is 67.8 Å². The SMILES string of the molecule is CCOCCOC(=O)C=Cc1ccc(OC(=O)c2ccc(OCCCCC(F)(F)F)cc2)cc1. The number of alkyl halides is 3. The molecule has 0 unspecified atom stereocenters. The summed E-state index contributed by atoms with van der Waals surface area (Å²) in [4.78, 5) is 23.9. The first-order chi connectivity index (χ1) is 16.3. The standard InChI is InChI=1S/C25H27F3O6/c1-2-31-17-18-33-23(29)14-7-19-5-10-22(11-6-19)34-24(30)20-8-12-21(13-9-20)32-16-4-3-15-25(26,27)28/h5-14H,2-4,15-18H2,1H3. The lowest BCUT2D eigenvalue weighted by molar-refractivity contribution is -0.139. The molecule has 2 aromatic rings. The topological polar surface area (TPSA) is 71.1 Å². The Morgan fingerprint density at radius 1 is 0.882 bits per heavy atom. The molecule has 184 valence electrons. The Morgan fingerprint density at radius 3 is 2.21 bits per heavy atom. The molecule has 0 fully saturated rings. The number of unbranched alkanes of at least 4 members (excludes halogenated alkanes) is 1. The number of ether oxygens (including phenoxy) is 4. The zero-order chi connectivity index (χ0) is 24.8. The van der Waals surface area contributed by atoms with Crippen LogP contribution in [0.4, 0.5) is 13.2 Å². The Bertz CT molecular complexity index is 921. The highest BCUT2D eigenvalue weighted by atomic mass is 19.4. The second-order valence-electron chi connectivity index (χ2n) is 7.10. The van der Waals surface area contributed by atoms with Crippen LogP contribution in [0.1, 0.15) is 42.1 Å². The Morgan fingerprint density at radius 2 is 1.56 bits per heavy atom. The van der Waals surface area contributed by atoms with Crippen molar-refractivity contribution in [2.24, 2.45) is 0 Å². The summed E-state index contributed by atoms with van der Waals surface area (Å²) >= 11 is 0. The Kier molecular flexibility index (Phi) is 11.1. The van der Waals surface area contributed by atoms with Gasteiger partial charge >= 0.3 is 18.1 Å². The van der Waals surface area contributed by atoms with E-state index in [1.54, 1.807) is 42.5 Å². The summed E-state index contributed by atoms with van der Waals surface area (Å²) in [5, 5.41) is 0. The molecule has 0 heterocycles. The second kappa shape index (κ2) is 14.0. The molecule has 0 saturated heterocycles. The van der Waals surface area contributed by atoms with Gasteiger partial charge in [0.25, 0.3) is 0 Å². The zero-order valence-electron chi connectivity index (χ0n) is 18.8. The molecule has 0 aliphatic rings. The van der Waals surface area contributed by atoms with Crippen LogP contribution in [0, 0.1) is 0 Å². The van der Waals surface area contributed by atoms with Gasteiger partial charge in [0, 0.05) is 19.1 Å². The maximum atomic E-state index is 12.3. The molecule has 0 N–H and O–H groups in total. The number of esters is 2. The van der Waals surface area contributed by atoms with Gasteiger partial charge in [-0.2, -0.15) is 13.2 Å². The molecular formula is C25H27F3O6. The highest BCUT2D eigenvalue weighted by molar-refractivity contribution is 5.91. The molecule has 34 heavy (non-hydrogen) atoms. The highest BCUT2D eigenvalue weighted by Gasteiger charge is 2.25. The van der Waals surface area contributed by atoms with E-state index < -0.39 is 24.5 Å². The normalized spacial score (nSPS) is 11.4. The van der Waals surface area contributed by atoms with Gasteiger partial charge in [-0.15, -0.1) is 0 Å². The first kappa shape index (κ1) is 26.9. The summed E-state index contributed by atoms with van der Waals surface area (Å²) < 4.78 is 57.1. The van der Waals surface area contributed by atoms with E-state index in [-0.39, 0.29) is 26.1 Å². The maximum absolute atomic E-state index is 12.3. The highest BCUT2D eigenvalue weighted by Crippen LogP contribution is 2.22. The van der Waals surface area contributed by atoms with Crippen molar-refractivity contribution in [3.63, 3.8) is 0 Å². The fourth-order valence-corrected chi connectivity index (χ4v) is 2.68. The number of carbonyl (C=O) groups is 2. The third-order valence-corrected chi connectivity index (χ3v) is 4.39. The monoisotopic (exact) mass is 480 g/mol. The quantitative estimate of drug-likeness (QED) is 0.161. The van der Waals surface area contributed by atoms with E-state index in [0.717, 1.165) is 5.56 Å². The fourth-order valence-electron chi connectivity index (χ4n) is 2.68. The van der Waals surface area contributed by atoms with Gasteiger partial charge < -0.3 is 18.9 Å². The molecule has 0 radical (unpaired) electrons. The van der Waals surface area contributed by atoms with Crippen molar-refractivity contribution in [1.29, 1.82) is 0 Å². The smallest absolute Gasteiger partial charge is 0.389 e. The Hall–Kier alpha value is -3.33. The van der Waals surface area contributed by atoms with Crippen LogP contribution in [-0.2, 0) is 14.3 Å². The Balaban J connectivity index is 1.76. The average Bonchev–Trinajstić information content (AvgIpc) is 2.81. The largest absolute Gasteiger partial charge is 0.494 e. The van der Waals surface area contributed by atoms with Crippen LogP contribution in [0.3, 0.4) is 0 Å². The third kappa shape index (κ3) is 11.0. The fraction of sp³-hybridized carbons (Fsp3) is 0.360. The predicted molar refractivity (Wildman–Crippen MR) is 120 cm³/mol. The van der Waals surface area contributed by atoms with Crippen molar-refractivity contribution in [2.45, 2.75) is 32.4 Å². The summed E-state index contributed by atoms with van der Waals surface area (Å²) in [6.07, 6.45) is -1.83. The molecule has 2 aromatic carbocycles. The number of carbonyl (C=O) groups excluding carboxylic acids is 2. The van der Waals surface area contributed by atoms with Crippen LogP contribution in [0.2, 0.25) is 0 Å². The van der Waals surface area contributed by atoms with Gasteiger partial charge in [0.05, 0.1) is 18.8 Å². The number of benzene rings is 2. The lowest BCUT2D eigenvalue weighted by Gasteiger charge is -2.09. The van der Waals surface area contributed by atoms with Crippen LogP contribution in [0.15, 0.2) is 54.6 Å². The molecule has 0 bridgehead atoms. The van der Waals surface area contributed by atoms with E-state index in [2.05, 4.69) is 0 Å². The van der Waals surface area contributed by atoms with Gasteiger partial charge in [-0.3, -0.25) is 0 Å².